The van der Waals surface area contributed by atoms with Gasteiger partial charge < -0.3 is 15.5 Å². The maximum absolute atomic E-state index is 6.14. The summed E-state index contributed by atoms with van der Waals surface area (Å²) in [5, 5.41) is 0. The lowest BCUT2D eigenvalue weighted by atomic mass is 9.93. The van der Waals surface area contributed by atoms with Crippen molar-refractivity contribution in [3.8, 4) is 11.3 Å². The van der Waals surface area contributed by atoms with Gasteiger partial charge in [0.2, 0.25) is 5.95 Å². The SMILES string of the molecule is CN1CCN(c2cc(-c3ccc4c(c3)CN(C3(CC5CC5)CC3)CC4)nc(N)n2)CC1. The average molecular weight is 419 g/mol. The summed E-state index contributed by atoms with van der Waals surface area (Å²) in [6, 6.07) is 9.03. The highest BCUT2D eigenvalue weighted by Crippen LogP contribution is 2.52. The summed E-state index contributed by atoms with van der Waals surface area (Å²) in [7, 11) is 2.17. The molecule has 1 aromatic carbocycles. The zero-order valence-electron chi connectivity index (χ0n) is 18.7. The van der Waals surface area contributed by atoms with Gasteiger partial charge in [-0.3, -0.25) is 4.90 Å². The van der Waals surface area contributed by atoms with Gasteiger partial charge >= 0.3 is 0 Å². The Balaban J connectivity index is 1.25. The zero-order chi connectivity index (χ0) is 21.0. The van der Waals surface area contributed by atoms with E-state index in [1.807, 2.05) is 0 Å². The number of piperazine rings is 1. The van der Waals surface area contributed by atoms with Gasteiger partial charge in [0.15, 0.2) is 0 Å². The van der Waals surface area contributed by atoms with Crippen LogP contribution in [0, 0.1) is 5.92 Å². The van der Waals surface area contributed by atoms with Crippen molar-refractivity contribution < 1.29 is 0 Å². The van der Waals surface area contributed by atoms with Crippen molar-refractivity contribution >= 4 is 11.8 Å². The molecule has 0 radical (unpaired) electrons. The molecule has 1 saturated heterocycles. The number of anilines is 2. The molecule has 6 nitrogen and oxygen atoms in total. The van der Waals surface area contributed by atoms with Crippen LogP contribution in [0.3, 0.4) is 0 Å². The fourth-order valence-electron chi connectivity index (χ4n) is 5.57. The molecule has 2 aromatic rings. The summed E-state index contributed by atoms with van der Waals surface area (Å²) < 4.78 is 0. The quantitative estimate of drug-likeness (QED) is 0.805. The van der Waals surface area contributed by atoms with Gasteiger partial charge in [0.05, 0.1) is 5.69 Å². The fourth-order valence-corrected chi connectivity index (χ4v) is 5.57. The normalized spacial score (nSPS) is 23.6. The predicted molar refractivity (Wildman–Crippen MR) is 125 cm³/mol. The summed E-state index contributed by atoms with van der Waals surface area (Å²) in [6.45, 7) is 6.37. The minimum atomic E-state index is 0.368. The summed E-state index contributed by atoms with van der Waals surface area (Å²) in [5.41, 5.74) is 11.7. The number of nitrogen functional groups attached to an aromatic ring is 1. The van der Waals surface area contributed by atoms with Crippen molar-refractivity contribution in [2.45, 2.75) is 50.6 Å². The molecule has 4 aliphatic rings. The molecule has 3 fully saturated rings. The van der Waals surface area contributed by atoms with Crippen molar-refractivity contribution in [1.82, 2.24) is 19.8 Å². The van der Waals surface area contributed by atoms with Crippen LogP contribution in [0.2, 0.25) is 0 Å². The van der Waals surface area contributed by atoms with Crippen molar-refractivity contribution in [3.63, 3.8) is 0 Å². The highest BCUT2D eigenvalue weighted by molar-refractivity contribution is 5.66. The standard InChI is InChI=1S/C25H34N6/c1-29-10-12-30(13-11-29)23-15-22(27-24(26)28-23)20-5-4-19-6-9-31(17-21(19)14-20)25(7-8-25)16-18-2-3-18/h4-5,14-15,18H,2-3,6-13,16-17H2,1H3,(H2,26,27,28). The Morgan fingerprint density at radius 1 is 1.00 bits per heavy atom. The highest BCUT2D eigenvalue weighted by atomic mass is 15.3. The molecule has 2 saturated carbocycles. The topological polar surface area (TPSA) is 61.5 Å². The van der Waals surface area contributed by atoms with Gasteiger partial charge in [-0.05, 0) is 55.8 Å². The van der Waals surface area contributed by atoms with Crippen LogP contribution < -0.4 is 10.6 Å². The Labute approximate surface area is 185 Å². The third-order valence-corrected chi connectivity index (χ3v) is 7.94. The van der Waals surface area contributed by atoms with E-state index >= 15 is 0 Å². The minimum Gasteiger partial charge on any atom is -0.368 e. The molecule has 1 aromatic heterocycles. The number of benzene rings is 1. The largest absolute Gasteiger partial charge is 0.368 e. The van der Waals surface area contributed by atoms with E-state index in [1.54, 1.807) is 0 Å². The molecule has 0 unspecified atom stereocenters. The number of nitrogens with two attached hydrogens (primary N) is 1. The minimum absolute atomic E-state index is 0.368. The second kappa shape index (κ2) is 7.45. The van der Waals surface area contributed by atoms with E-state index in [9.17, 15) is 0 Å². The van der Waals surface area contributed by atoms with Crippen molar-refractivity contribution in [2.75, 3.05) is 50.4 Å². The summed E-state index contributed by atoms with van der Waals surface area (Å²) in [5.74, 6) is 2.33. The first-order chi connectivity index (χ1) is 15.1. The lowest BCUT2D eigenvalue weighted by molar-refractivity contribution is 0.144. The van der Waals surface area contributed by atoms with Crippen LogP contribution in [-0.2, 0) is 13.0 Å². The average Bonchev–Trinajstić information content (AvgIpc) is 3.72. The molecule has 2 N–H and O–H groups in total. The van der Waals surface area contributed by atoms with Gasteiger partial charge in [0.1, 0.15) is 5.82 Å². The van der Waals surface area contributed by atoms with E-state index in [0.717, 1.165) is 55.7 Å². The maximum atomic E-state index is 6.14. The molecule has 0 bridgehead atoms. The fraction of sp³-hybridized carbons (Fsp3) is 0.600. The van der Waals surface area contributed by atoms with Crippen LogP contribution in [0.25, 0.3) is 11.3 Å². The molecule has 0 atom stereocenters. The van der Waals surface area contributed by atoms with Crippen LogP contribution in [0.15, 0.2) is 24.3 Å². The smallest absolute Gasteiger partial charge is 0.222 e. The Kier molecular flexibility index (Phi) is 4.69. The number of hydrogen-bond acceptors (Lipinski definition) is 6. The Hall–Kier alpha value is -2.18. The van der Waals surface area contributed by atoms with Crippen molar-refractivity contribution in [1.29, 1.82) is 0 Å². The van der Waals surface area contributed by atoms with Crippen LogP contribution in [0.4, 0.5) is 11.8 Å². The number of aromatic nitrogens is 2. The predicted octanol–water partition coefficient (Wildman–Crippen LogP) is 3.17. The molecule has 0 amide bonds. The number of hydrogen-bond donors (Lipinski definition) is 1. The second-order valence-electron chi connectivity index (χ2n) is 10.3. The Morgan fingerprint density at radius 3 is 2.55 bits per heavy atom. The molecule has 0 spiro atoms. The van der Waals surface area contributed by atoms with Gasteiger partial charge in [0.25, 0.3) is 0 Å². The maximum Gasteiger partial charge on any atom is 0.222 e. The van der Waals surface area contributed by atoms with E-state index in [4.69, 9.17) is 5.73 Å². The van der Waals surface area contributed by atoms with E-state index in [1.165, 1.54) is 56.2 Å². The first-order valence-corrected chi connectivity index (χ1v) is 12.0. The number of fused-ring (bicyclic) bond motifs is 1. The third kappa shape index (κ3) is 3.92. The number of rotatable bonds is 5. The zero-order valence-corrected chi connectivity index (χ0v) is 18.7. The lowest BCUT2D eigenvalue weighted by Crippen LogP contribution is -2.44. The molecular formula is C25H34N6. The van der Waals surface area contributed by atoms with Crippen LogP contribution in [0.1, 0.15) is 43.2 Å². The Bertz CT molecular complexity index is 972. The highest BCUT2D eigenvalue weighted by Gasteiger charge is 2.50. The molecule has 6 rings (SSSR count). The van der Waals surface area contributed by atoms with Gasteiger partial charge in [-0.15, -0.1) is 0 Å². The van der Waals surface area contributed by atoms with E-state index in [-0.39, 0.29) is 0 Å². The van der Waals surface area contributed by atoms with Gasteiger partial charge in [-0.1, -0.05) is 25.0 Å². The summed E-state index contributed by atoms with van der Waals surface area (Å²) in [6.07, 6.45) is 8.31. The molecule has 6 heteroatoms. The van der Waals surface area contributed by atoms with E-state index in [0.29, 0.717) is 11.5 Å². The van der Waals surface area contributed by atoms with Crippen LogP contribution in [0.5, 0.6) is 0 Å². The van der Waals surface area contributed by atoms with Gasteiger partial charge in [-0.2, -0.15) is 4.98 Å². The van der Waals surface area contributed by atoms with E-state index in [2.05, 4.69) is 56.0 Å². The summed E-state index contributed by atoms with van der Waals surface area (Å²) >= 11 is 0. The molecule has 2 aliphatic heterocycles. The third-order valence-electron chi connectivity index (χ3n) is 7.94. The second-order valence-corrected chi connectivity index (χ2v) is 10.3. The first kappa shape index (κ1) is 19.5. The number of likely N-dealkylation sites (N-methyl/N-ethyl adjacent to an activating group) is 1. The molecule has 3 heterocycles. The molecule has 31 heavy (non-hydrogen) atoms. The van der Waals surface area contributed by atoms with Crippen molar-refractivity contribution in [2.24, 2.45) is 5.92 Å². The molecule has 164 valence electrons. The van der Waals surface area contributed by atoms with Crippen molar-refractivity contribution in [3.05, 3.63) is 35.4 Å². The summed E-state index contributed by atoms with van der Waals surface area (Å²) in [4.78, 5) is 16.6. The van der Waals surface area contributed by atoms with Gasteiger partial charge in [0, 0.05) is 56.4 Å². The monoisotopic (exact) mass is 418 g/mol. The molecule has 2 aliphatic carbocycles. The Morgan fingerprint density at radius 2 is 1.81 bits per heavy atom. The molecular weight excluding hydrogens is 384 g/mol. The van der Waals surface area contributed by atoms with Gasteiger partial charge in [-0.25, -0.2) is 4.98 Å². The van der Waals surface area contributed by atoms with Crippen LogP contribution in [-0.4, -0.2) is 65.1 Å². The lowest BCUT2D eigenvalue weighted by Gasteiger charge is -2.36. The number of nitrogens with zero attached hydrogens (tertiary/aromatic N) is 5. The van der Waals surface area contributed by atoms with E-state index < -0.39 is 0 Å². The first-order valence-electron chi connectivity index (χ1n) is 12.0. The van der Waals surface area contributed by atoms with Crippen LogP contribution >= 0.6 is 0 Å².